The Morgan fingerprint density at radius 2 is 1.94 bits per heavy atom. The second kappa shape index (κ2) is 4.58. The van der Waals surface area contributed by atoms with E-state index < -0.39 is 29.6 Å². The van der Waals surface area contributed by atoms with Crippen LogP contribution >= 0.6 is 0 Å². The van der Waals surface area contributed by atoms with E-state index in [1.54, 1.807) is 20.8 Å². The van der Waals surface area contributed by atoms with Gasteiger partial charge in [0, 0.05) is 0 Å². The number of carbonyl (C=O) groups is 1. The van der Waals surface area contributed by atoms with Crippen molar-refractivity contribution >= 4 is 5.97 Å². The van der Waals surface area contributed by atoms with Crippen LogP contribution in [0, 0.1) is 0 Å². The van der Waals surface area contributed by atoms with Crippen molar-refractivity contribution in [3.05, 3.63) is 12.2 Å². The molecule has 0 aliphatic rings. The summed E-state index contributed by atoms with van der Waals surface area (Å²) in [6.45, 7) is 6.39. The summed E-state index contributed by atoms with van der Waals surface area (Å²) in [5, 5.41) is 3.21. The van der Waals surface area contributed by atoms with E-state index in [4.69, 9.17) is 4.74 Å². The SMILES string of the molecule is CC(C(=O)OC(C)(C)C)n1cnc(C(F)(F)F)n1. The number of carbonyl (C=O) groups excluding carboxylic acids is 1. The minimum atomic E-state index is -4.63. The molecule has 0 aromatic carbocycles. The van der Waals surface area contributed by atoms with Crippen LogP contribution in [0.5, 0.6) is 0 Å². The summed E-state index contributed by atoms with van der Waals surface area (Å²) in [6, 6.07) is -0.965. The molecule has 1 unspecified atom stereocenters. The Balaban J connectivity index is 2.82. The van der Waals surface area contributed by atoms with Crippen molar-refractivity contribution in [2.75, 3.05) is 0 Å². The van der Waals surface area contributed by atoms with Gasteiger partial charge in [-0.1, -0.05) is 0 Å². The van der Waals surface area contributed by atoms with E-state index in [9.17, 15) is 18.0 Å². The zero-order valence-electron chi connectivity index (χ0n) is 10.4. The number of aromatic nitrogens is 3. The van der Waals surface area contributed by atoms with E-state index in [0.29, 0.717) is 0 Å². The largest absolute Gasteiger partial charge is 0.458 e. The fraction of sp³-hybridized carbons (Fsp3) is 0.700. The lowest BCUT2D eigenvalue weighted by Crippen LogP contribution is -2.29. The molecule has 0 saturated carbocycles. The third kappa shape index (κ3) is 3.71. The third-order valence-electron chi connectivity index (χ3n) is 1.91. The van der Waals surface area contributed by atoms with Crippen molar-refractivity contribution in [3.8, 4) is 0 Å². The van der Waals surface area contributed by atoms with Gasteiger partial charge in [0.15, 0.2) is 0 Å². The lowest BCUT2D eigenvalue weighted by molar-refractivity contribution is -0.159. The molecular weight excluding hydrogens is 251 g/mol. The van der Waals surface area contributed by atoms with Crippen molar-refractivity contribution in [2.45, 2.75) is 45.5 Å². The fourth-order valence-corrected chi connectivity index (χ4v) is 1.09. The van der Waals surface area contributed by atoms with Crippen LogP contribution in [-0.2, 0) is 15.7 Å². The first-order valence-corrected chi connectivity index (χ1v) is 5.22. The summed E-state index contributed by atoms with van der Waals surface area (Å²) in [5.74, 6) is -1.95. The molecule has 8 heteroatoms. The summed E-state index contributed by atoms with van der Waals surface area (Å²) < 4.78 is 42.7. The lowest BCUT2D eigenvalue weighted by Gasteiger charge is -2.22. The summed E-state index contributed by atoms with van der Waals surface area (Å²) in [4.78, 5) is 14.7. The van der Waals surface area contributed by atoms with E-state index in [1.165, 1.54) is 6.92 Å². The molecule has 1 heterocycles. The molecular formula is C10H14F3N3O2. The molecule has 1 aromatic heterocycles. The Morgan fingerprint density at radius 3 is 2.33 bits per heavy atom. The topological polar surface area (TPSA) is 57.0 Å². The van der Waals surface area contributed by atoms with Crippen LogP contribution in [0.25, 0.3) is 0 Å². The molecule has 0 bridgehead atoms. The van der Waals surface area contributed by atoms with Crippen LogP contribution in [0.4, 0.5) is 13.2 Å². The lowest BCUT2D eigenvalue weighted by atomic mass is 10.2. The smallest absolute Gasteiger partial charge is 0.453 e. The number of nitrogens with zero attached hydrogens (tertiary/aromatic N) is 3. The van der Waals surface area contributed by atoms with Crippen LogP contribution in [0.1, 0.15) is 39.6 Å². The van der Waals surface area contributed by atoms with Gasteiger partial charge in [0.05, 0.1) is 0 Å². The average Bonchev–Trinajstić information content (AvgIpc) is 2.61. The van der Waals surface area contributed by atoms with Crippen LogP contribution < -0.4 is 0 Å². The van der Waals surface area contributed by atoms with E-state index in [0.717, 1.165) is 11.0 Å². The second-order valence-corrected chi connectivity index (χ2v) is 4.76. The number of hydrogen-bond acceptors (Lipinski definition) is 4. The molecule has 1 atom stereocenters. The number of rotatable bonds is 2. The molecule has 5 nitrogen and oxygen atoms in total. The standard InChI is InChI=1S/C10H14F3N3O2/c1-6(7(17)18-9(2,3)4)16-5-14-8(15-16)10(11,12)13/h5-6H,1-4H3. The highest BCUT2D eigenvalue weighted by atomic mass is 19.4. The van der Waals surface area contributed by atoms with Crippen molar-refractivity contribution in [1.29, 1.82) is 0 Å². The highest BCUT2D eigenvalue weighted by Crippen LogP contribution is 2.26. The molecule has 1 rings (SSSR count). The Bertz CT molecular complexity index is 434. The number of ether oxygens (including phenoxy) is 1. The molecule has 0 amide bonds. The van der Waals surface area contributed by atoms with Crippen LogP contribution in [0.15, 0.2) is 6.33 Å². The predicted molar refractivity (Wildman–Crippen MR) is 55.6 cm³/mol. The quantitative estimate of drug-likeness (QED) is 0.769. The molecule has 102 valence electrons. The van der Waals surface area contributed by atoms with E-state index in [2.05, 4.69) is 10.1 Å². The van der Waals surface area contributed by atoms with Crippen LogP contribution in [-0.4, -0.2) is 26.3 Å². The summed E-state index contributed by atoms with van der Waals surface area (Å²) in [6.07, 6.45) is -3.77. The average molecular weight is 265 g/mol. The molecule has 0 fully saturated rings. The summed E-state index contributed by atoms with van der Waals surface area (Å²) in [5.41, 5.74) is -0.710. The Morgan fingerprint density at radius 1 is 1.39 bits per heavy atom. The maximum Gasteiger partial charge on any atom is 0.453 e. The number of alkyl halides is 3. The van der Waals surface area contributed by atoms with Crippen molar-refractivity contribution in [3.63, 3.8) is 0 Å². The van der Waals surface area contributed by atoms with Crippen LogP contribution in [0.3, 0.4) is 0 Å². The zero-order chi connectivity index (χ0) is 14.1. The maximum atomic E-state index is 12.3. The highest BCUT2D eigenvalue weighted by molar-refractivity contribution is 5.74. The molecule has 0 N–H and O–H groups in total. The molecule has 0 radical (unpaired) electrons. The number of esters is 1. The third-order valence-corrected chi connectivity index (χ3v) is 1.91. The van der Waals surface area contributed by atoms with Gasteiger partial charge in [-0.3, -0.25) is 0 Å². The Labute approximate surface area is 102 Å². The molecule has 0 spiro atoms. The Hall–Kier alpha value is -1.60. The molecule has 0 aliphatic carbocycles. The molecule has 0 aliphatic heterocycles. The van der Waals surface area contributed by atoms with Gasteiger partial charge in [-0.2, -0.15) is 13.2 Å². The second-order valence-electron chi connectivity index (χ2n) is 4.76. The summed E-state index contributed by atoms with van der Waals surface area (Å²) in [7, 11) is 0. The van der Waals surface area contributed by atoms with Gasteiger partial charge in [0.2, 0.25) is 0 Å². The number of hydrogen-bond donors (Lipinski definition) is 0. The zero-order valence-corrected chi connectivity index (χ0v) is 10.4. The van der Waals surface area contributed by atoms with Gasteiger partial charge < -0.3 is 4.74 Å². The van der Waals surface area contributed by atoms with Gasteiger partial charge >= 0.3 is 12.1 Å². The van der Waals surface area contributed by atoms with Gasteiger partial charge in [0.25, 0.3) is 5.82 Å². The first-order chi connectivity index (χ1) is 8.00. The van der Waals surface area contributed by atoms with E-state index >= 15 is 0 Å². The molecule has 0 saturated heterocycles. The van der Waals surface area contributed by atoms with Gasteiger partial charge in [-0.05, 0) is 27.7 Å². The normalized spacial score (nSPS) is 14.4. The van der Waals surface area contributed by atoms with Gasteiger partial charge in [0.1, 0.15) is 18.0 Å². The minimum absolute atomic E-state index is 0.666. The fourth-order valence-electron chi connectivity index (χ4n) is 1.09. The van der Waals surface area contributed by atoms with E-state index in [-0.39, 0.29) is 0 Å². The Kier molecular flexibility index (Phi) is 3.68. The highest BCUT2D eigenvalue weighted by Gasteiger charge is 2.36. The first kappa shape index (κ1) is 14.5. The maximum absolute atomic E-state index is 12.3. The van der Waals surface area contributed by atoms with Crippen molar-refractivity contribution in [1.82, 2.24) is 14.8 Å². The predicted octanol–water partition coefficient (Wildman–Crippen LogP) is 2.20. The van der Waals surface area contributed by atoms with Gasteiger partial charge in [-0.25, -0.2) is 14.5 Å². The van der Waals surface area contributed by atoms with Crippen LogP contribution in [0.2, 0.25) is 0 Å². The molecule has 18 heavy (non-hydrogen) atoms. The summed E-state index contributed by atoms with van der Waals surface area (Å²) >= 11 is 0. The first-order valence-electron chi connectivity index (χ1n) is 5.22. The molecule has 1 aromatic rings. The van der Waals surface area contributed by atoms with Crippen molar-refractivity contribution < 1.29 is 22.7 Å². The monoisotopic (exact) mass is 265 g/mol. The minimum Gasteiger partial charge on any atom is -0.458 e. The van der Waals surface area contributed by atoms with Crippen molar-refractivity contribution in [2.24, 2.45) is 0 Å². The van der Waals surface area contributed by atoms with E-state index in [1.807, 2.05) is 0 Å². The number of halogens is 3. The van der Waals surface area contributed by atoms with Gasteiger partial charge in [-0.15, -0.1) is 5.10 Å².